The maximum atomic E-state index is 10.5. The van der Waals surface area contributed by atoms with Crippen LogP contribution < -0.4 is 0 Å². The minimum Gasteiger partial charge on any atom is -0.481 e. The molecule has 8 heteroatoms. The zero-order valence-corrected chi connectivity index (χ0v) is 8.05. The lowest BCUT2D eigenvalue weighted by Gasteiger charge is -2.12. The van der Waals surface area contributed by atoms with Crippen LogP contribution in [0.15, 0.2) is 0 Å². The first-order valence-corrected chi connectivity index (χ1v) is 5.09. The van der Waals surface area contributed by atoms with E-state index in [4.69, 9.17) is 20.4 Å². The highest BCUT2D eigenvalue weighted by molar-refractivity contribution is 7.46. The first-order chi connectivity index (χ1) is 6.47. The van der Waals surface area contributed by atoms with Crippen molar-refractivity contribution in [2.45, 2.75) is 12.8 Å². The molecule has 0 aromatic rings. The van der Waals surface area contributed by atoms with E-state index in [0.29, 0.717) is 0 Å². The summed E-state index contributed by atoms with van der Waals surface area (Å²) in [6.07, 6.45) is -0.687. The van der Waals surface area contributed by atoms with Crippen molar-refractivity contribution in [2.75, 3.05) is 6.16 Å². The lowest BCUT2D eigenvalue weighted by molar-refractivity contribution is -0.144. The number of carboxylic acids is 2. The number of rotatable bonds is 7. The van der Waals surface area contributed by atoms with Crippen molar-refractivity contribution in [2.24, 2.45) is 5.92 Å². The highest BCUT2D eigenvalue weighted by Crippen LogP contribution is 2.33. The zero-order valence-electron chi connectivity index (χ0n) is 7.16. The fraction of sp³-hybridized carbons (Fsp3) is 0.667. The largest absolute Gasteiger partial charge is 0.481 e. The van der Waals surface area contributed by atoms with Gasteiger partial charge in [0.1, 0.15) is 0 Å². The topological polar surface area (TPSA) is 124 Å². The minimum atomic E-state index is -2.20. The smallest absolute Gasteiger partial charge is 0.307 e. The van der Waals surface area contributed by atoms with Crippen LogP contribution in [0.5, 0.6) is 0 Å². The van der Waals surface area contributed by atoms with E-state index < -0.39 is 26.2 Å². The van der Waals surface area contributed by atoms with E-state index in [1.54, 1.807) is 0 Å². The summed E-state index contributed by atoms with van der Waals surface area (Å²) >= 11 is 0. The van der Waals surface area contributed by atoms with Gasteiger partial charge in [0.25, 0.3) is 0 Å². The molecule has 7 nitrogen and oxygen atoms in total. The Labute approximate surface area is 80.8 Å². The molecule has 0 aliphatic rings. The Bertz CT molecular complexity index is 206. The number of hydrogen-bond acceptors (Lipinski definition) is 5. The molecule has 14 heavy (non-hydrogen) atoms. The van der Waals surface area contributed by atoms with Crippen LogP contribution >= 0.6 is 8.38 Å². The Hall–Kier alpha value is -0.750. The van der Waals surface area contributed by atoms with Crippen LogP contribution in [0.25, 0.3) is 0 Å². The molecule has 0 aliphatic heterocycles. The maximum Gasteiger partial charge on any atom is 0.307 e. The van der Waals surface area contributed by atoms with Crippen molar-refractivity contribution in [3.63, 3.8) is 0 Å². The quantitative estimate of drug-likeness (QED) is 0.280. The van der Waals surface area contributed by atoms with E-state index in [1.165, 1.54) is 0 Å². The van der Waals surface area contributed by atoms with E-state index >= 15 is 0 Å². The molecule has 82 valence electrons. The molecule has 2 atom stereocenters. The van der Waals surface area contributed by atoms with Crippen molar-refractivity contribution >= 4 is 20.3 Å². The van der Waals surface area contributed by atoms with Crippen LogP contribution in [-0.4, -0.2) is 38.5 Å². The molecule has 0 rings (SSSR count). The number of carboxylic acid groups (broad SMARTS) is 2. The first kappa shape index (κ1) is 13.2. The molecule has 0 spiro atoms. The molecule has 0 saturated heterocycles. The fourth-order valence-corrected chi connectivity index (χ4v) is 1.59. The average Bonchev–Trinajstić information content (AvgIpc) is 2.10. The predicted octanol–water partition coefficient (Wildman–Crippen LogP) is 0.346. The van der Waals surface area contributed by atoms with Crippen molar-refractivity contribution in [3.05, 3.63) is 0 Å². The van der Waals surface area contributed by atoms with Gasteiger partial charge in [-0.3, -0.25) is 9.59 Å². The standard InChI is InChI=1S/C6H11O7P/c7-5(8)2-1-4(6(9)10)3-14(12)13-11/h4,11-12H,1-3H2,(H,7,8)(H,9,10). The van der Waals surface area contributed by atoms with Crippen LogP contribution in [0.1, 0.15) is 12.8 Å². The van der Waals surface area contributed by atoms with Gasteiger partial charge in [-0.15, -0.1) is 0 Å². The Morgan fingerprint density at radius 3 is 2.29 bits per heavy atom. The van der Waals surface area contributed by atoms with Crippen LogP contribution in [0.2, 0.25) is 0 Å². The summed E-state index contributed by atoms with van der Waals surface area (Å²) in [6, 6.07) is 0. The predicted molar refractivity (Wildman–Crippen MR) is 45.7 cm³/mol. The van der Waals surface area contributed by atoms with Crippen LogP contribution in [0.4, 0.5) is 0 Å². The summed E-state index contributed by atoms with van der Waals surface area (Å²) in [5.41, 5.74) is 0. The molecule has 0 amide bonds. The molecular formula is C6H11O7P. The molecule has 0 radical (unpaired) electrons. The summed E-state index contributed by atoms with van der Waals surface area (Å²) < 4.78 is 3.55. The minimum absolute atomic E-state index is 0.104. The molecule has 0 aromatic carbocycles. The number of aliphatic carboxylic acids is 2. The first-order valence-electron chi connectivity index (χ1n) is 3.70. The third-order valence-corrected chi connectivity index (χ3v) is 2.47. The van der Waals surface area contributed by atoms with E-state index in [0.717, 1.165) is 0 Å². The monoisotopic (exact) mass is 226 g/mol. The fourth-order valence-electron chi connectivity index (χ4n) is 0.812. The molecule has 0 heterocycles. The summed E-state index contributed by atoms with van der Waals surface area (Å²) in [7, 11) is -2.20. The number of hydrogen-bond donors (Lipinski definition) is 4. The summed E-state index contributed by atoms with van der Waals surface area (Å²) in [5.74, 6) is -3.34. The van der Waals surface area contributed by atoms with Gasteiger partial charge in [-0.2, -0.15) is 4.67 Å². The summed E-state index contributed by atoms with van der Waals surface area (Å²) in [5, 5.41) is 24.9. The second-order valence-corrected chi connectivity index (χ2v) is 3.82. The molecule has 0 saturated carbocycles. The lowest BCUT2D eigenvalue weighted by atomic mass is 10.1. The third-order valence-electron chi connectivity index (χ3n) is 1.53. The van der Waals surface area contributed by atoms with Gasteiger partial charge in [-0.05, 0) is 6.42 Å². The molecule has 0 aliphatic carbocycles. The Kier molecular flexibility index (Phi) is 6.31. The third kappa shape index (κ3) is 5.82. The maximum absolute atomic E-state index is 10.5. The summed E-state index contributed by atoms with van der Waals surface area (Å²) in [6.45, 7) is 0. The molecule has 0 aromatic heterocycles. The molecule has 4 N–H and O–H groups in total. The van der Waals surface area contributed by atoms with E-state index in [-0.39, 0.29) is 19.0 Å². The SMILES string of the molecule is O=C(O)CCC(CP(O)OO)C(=O)O. The summed E-state index contributed by atoms with van der Waals surface area (Å²) in [4.78, 5) is 29.5. The molecular weight excluding hydrogens is 215 g/mol. The average molecular weight is 226 g/mol. The van der Waals surface area contributed by atoms with E-state index in [2.05, 4.69) is 4.67 Å². The lowest BCUT2D eigenvalue weighted by Crippen LogP contribution is -2.18. The Morgan fingerprint density at radius 2 is 1.93 bits per heavy atom. The van der Waals surface area contributed by atoms with Gasteiger partial charge in [-0.1, -0.05) is 0 Å². The highest BCUT2D eigenvalue weighted by Gasteiger charge is 2.23. The van der Waals surface area contributed by atoms with Gasteiger partial charge in [0.05, 0.1) is 5.92 Å². The Balaban J connectivity index is 4.02. The van der Waals surface area contributed by atoms with Crippen molar-refractivity contribution in [1.82, 2.24) is 0 Å². The zero-order chi connectivity index (χ0) is 11.1. The van der Waals surface area contributed by atoms with Crippen molar-refractivity contribution in [1.29, 1.82) is 0 Å². The van der Waals surface area contributed by atoms with E-state index in [9.17, 15) is 9.59 Å². The van der Waals surface area contributed by atoms with Gasteiger partial charge in [0.15, 0.2) is 0 Å². The normalized spacial score (nSPS) is 14.7. The van der Waals surface area contributed by atoms with Gasteiger partial charge >= 0.3 is 11.9 Å². The second-order valence-electron chi connectivity index (χ2n) is 2.58. The van der Waals surface area contributed by atoms with Crippen LogP contribution in [-0.2, 0) is 14.3 Å². The molecule has 0 fully saturated rings. The second kappa shape index (κ2) is 6.67. The van der Waals surface area contributed by atoms with Gasteiger partial charge in [0, 0.05) is 12.6 Å². The van der Waals surface area contributed by atoms with Crippen molar-refractivity contribution < 1.29 is 34.6 Å². The van der Waals surface area contributed by atoms with Gasteiger partial charge in [-0.25, -0.2) is 5.26 Å². The Morgan fingerprint density at radius 1 is 1.36 bits per heavy atom. The van der Waals surface area contributed by atoms with Crippen LogP contribution in [0, 0.1) is 5.92 Å². The molecule has 0 bridgehead atoms. The van der Waals surface area contributed by atoms with Crippen molar-refractivity contribution in [3.8, 4) is 0 Å². The van der Waals surface area contributed by atoms with E-state index in [1.807, 2.05) is 0 Å². The van der Waals surface area contributed by atoms with Gasteiger partial charge < -0.3 is 15.1 Å². The van der Waals surface area contributed by atoms with Crippen LogP contribution in [0.3, 0.4) is 0 Å². The van der Waals surface area contributed by atoms with Gasteiger partial charge in [0.2, 0.25) is 8.38 Å². The molecule has 2 unspecified atom stereocenters. The number of carbonyl (C=O) groups is 2. The highest BCUT2D eigenvalue weighted by atomic mass is 31.2.